The average Bonchev–Trinajstić information content (AvgIpc) is 3.34. The molecule has 1 aliphatic rings. The molecule has 0 aliphatic carbocycles. The number of rotatable bonds is 5. The summed E-state index contributed by atoms with van der Waals surface area (Å²) in [5.74, 6) is 0.0274. The van der Waals surface area contributed by atoms with E-state index in [1.54, 1.807) is 11.0 Å². The highest BCUT2D eigenvalue weighted by Crippen LogP contribution is 2.31. The first-order valence-electron chi connectivity index (χ1n) is 11.0. The molecule has 0 spiro atoms. The van der Waals surface area contributed by atoms with Crippen LogP contribution in [0.1, 0.15) is 49.1 Å². The molecule has 0 radical (unpaired) electrons. The number of hydrogen-bond donors (Lipinski definition) is 1. The zero-order chi connectivity index (χ0) is 24.6. The third kappa shape index (κ3) is 4.64. The van der Waals surface area contributed by atoms with Gasteiger partial charge in [0.05, 0.1) is 17.1 Å². The first-order valence-corrected chi connectivity index (χ1v) is 12.2. The summed E-state index contributed by atoms with van der Waals surface area (Å²) in [7, 11) is 0. The summed E-state index contributed by atoms with van der Waals surface area (Å²) in [5, 5.41) is 5.68. The summed E-state index contributed by atoms with van der Waals surface area (Å²) in [6, 6.07) is 13.7. The first kappa shape index (κ1) is 23.8. The molecule has 4 rings (SSSR count). The second-order valence-electron chi connectivity index (χ2n) is 8.55. The Morgan fingerprint density at radius 3 is 2.47 bits per heavy atom. The molecular formula is C26H26N4O2S2. The molecule has 2 heterocycles. The standard InChI is InChI=1S/C26H26N4O2S2/c1-15(2)19-7-10-21(11-8-19)30-24(32)23(28-25(30)33)13-20-14-34-26(27-20)29(18(5)31)22-9-6-16(3)17(4)12-22/h6-15H,1-5H3,(H,28,33)/b23-13+. The lowest BCUT2D eigenvalue weighted by atomic mass is 10.0. The predicted molar refractivity (Wildman–Crippen MR) is 143 cm³/mol. The van der Waals surface area contributed by atoms with Crippen molar-refractivity contribution in [3.05, 3.63) is 75.9 Å². The van der Waals surface area contributed by atoms with Crippen molar-refractivity contribution < 1.29 is 9.59 Å². The third-order valence-corrected chi connectivity index (χ3v) is 6.88. The number of nitrogens with zero attached hydrogens (tertiary/aromatic N) is 3. The Kier molecular flexibility index (Phi) is 6.63. The molecule has 1 fully saturated rings. The van der Waals surface area contributed by atoms with Crippen molar-refractivity contribution in [3.8, 4) is 0 Å². The van der Waals surface area contributed by atoms with E-state index in [4.69, 9.17) is 12.2 Å². The maximum absolute atomic E-state index is 13.1. The van der Waals surface area contributed by atoms with Crippen molar-refractivity contribution in [2.24, 2.45) is 0 Å². The van der Waals surface area contributed by atoms with Gasteiger partial charge in [-0.25, -0.2) is 4.98 Å². The van der Waals surface area contributed by atoms with Gasteiger partial charge in [-0.05, 0) is 79.0 Å². The van der Waals surface area contributed by atoms with Gasteiger partial charge >= 0.3 is 0 Å². The molecule has 6 nitrogen and oxygen atoms in total. The summed E-state index contributed by atoms with van der Waals surface area (Å²) in [6.07, 6.45) is 1.66. The molecule has 0 saturated carbocycles. The van der Waals surface area contributed by atoms with Gasteiger partial charge in [0, 0.05) is 12.3 Å². The highest BCUT2D eigenvalue weighted by molar-refractivity contribution is 7.80. The predicted octanol–water partition coefficient (Wildman–Crippen LogP) is 5.83. The van der Waals surface area contributed by atoms with E-state index >= 15 is 0 Å². The van der Waals surface area contributed by atoms with Crippen LogP contribution in [0.4, 0.5) is 16.5 Å². The molecule has 1 aromatic heterocycles. The molecule has 0 unspecified atom stereocenters. The number of benzene rings is 2. The van der Waals surface area contributed by atoms with Gasteiger partial charge in [0.2, 0.25) is 5.91 Å². The zero-order valence-corrected chi connectivity index (χ0v) is 21.4. The van der Waals surface area contributed by atoms with Gasteiger partial charge in [-0.2, -0.15) is 0 Å². The molecule has 3 aromatic rings. The molecule has 0 atom stereocenters. The molecule has 8 heteroatoms. The Labute approximate surface area is 208 Å². The normalized spacial score (nSPS) is 14.8. The number of aromatic nitrogens is 1. The molecule has 1 N–H and O–H groups in total. The lowest BCUT2D eigenvalue weighted by Crippen LogP contribution is -2.30. The maximum Gasteiger partial charge on any atom is 0.281 e. The van der Waals surface area contributed by atoms with Gasteiger partial charge in [-0.15, -0.1) is 11.3 Å². The van der Waals surface area contributed by atoms with Gasteiger partial charge in [0.15, 0.2) is 10.2 Å². The average molecular weight is 491 g/mol. The summed E-state index contributed by atoms with van der Waals surface area (Å²) >= 11 is 6.77. The van der Waals surface area contributed by atoms with E-state index < -0.39 is 0 Å². The summed E-state index contributed by atoms with van der Waals surface area (Å²) in [4.78, 5) is 33.2. The Hall–Kier alpha value is -3.36. The second-order valence-corrected chi connectivity index (χ2v) is 9.78. The minimum absolute atomic E-state index is 0.135. The van der Waals surface area contributed by atoms with Crippen LogP contribution < -0.4 is 15.1 Å². The second kappa shape index (κ2) is 9.48. The number of hydrogen-bond acceptors (Lipinski definition) is 5. The van der Waals surface area contributed by atoms with E-state index in [9.17, 15) is 9.59 Å². The van der Waals surface area contributed by atoms with Crippen LogP contribution >= 0.6 is 23.6 Å². The fourth-order valence-corrected chi connectivity index (χ4v) is 4.81. The van der Waals surface area contributed by atoms with Gasteiger partial charge < -0.3 is 5.32 Å². The van der Waals surface area contributed by atoms with Crippen LogP contribution in [0.25, 0.3) is 6.08 Å². The van der Waals surface area contributed by atoms with Crippen LogP contribution in [0.2, 0.25) is 0 Å². The molecule has 0 bridgehead atoms. The number of aryl methyl sites for hydroxylation is 2. The van der Waals surface area contributed by atoms with Gasteiger partial charge in [-0.1, -0.05) is 32.0 Å². The van der Waals surface area contributed by atoms with E-state index in [-0.39, 0.29) is 11.8 Å². The SMILES string of the molecule is CC(=O)N(c1ccc(C)c(C)c1)c1nc(/C=C2/NC(=S)N(c3ccc(C(C)C)cc3)C2=O)cs1. The van der Waals surface area contributed by atoms with Gasteiger partial charge in [-0.3, -0.25) is 19.4 Å². The molecule has 34 heavy (non-hydrogen) atoms. The van der Waals surface area contributed by atoms with Crippen LogP contribution in [-0.2, 0) is 9.59 Å². The van der Waals surface area contributed by atoms with E-state index in [1.165, 1.54) is 28.7 Å². The molecule has 2 amide bonds. The Bertz CT molecular complexity index is 1310. The quantitative estimate of drug-likeness (QED) is 0.360. The maximum atomic E-state index is 13.1. The third-order valence-electron chi connectivity index (χ3n) is 5.75. The Balaban J connectivity index is 1.60. The van der Waals surface area contributed by atoms with Crippen LogP contribution in [0.3, 0.4) is 0 Å². The Morgan fingerprint density at radius 2 is 1.85 bits per heavy atom. The monoisotopic (exact) mass is 490 g/mol. The molecule has 1 saturated heterocycles. The lowest BCUT2D eigenvalue weighted by Gasteiger charge is -2.19. The summed E-state index contributed by atoms with van der Waals surface area (Å²) in [5.41, 5.74) is 5.84. The number of thiocarbonyl (C=S) groups is 1. The molecular weight excluding hydrogens is 464 g/mol. The zero-order valence-electron chi connectivity index (χ0n) is 19.7. The van der Waals surface area contributed by atoms with E-state index in [2.05, 4.69) is 24.1 Å². The van der Waals surface area contributed by atoms with Crippen molar-refractivity contribution in [1.82, 2.24) is 10.3 Å². The molecule has 1 aliphatic heterocycles. The van der Waals surface area contributed by atoms with Gasteiger partial charge in [0.25, 0.3) is 5.91 Å². The Morgan fingerprint density at radius 1 is 1.15 bits per heavy atom. The number of anilines is 3. The summed E-state index contributed by atoms with van der Waals surface area (Å²) < 4.78 is 0. The van der Waals surface area contributed by atoms with Gasteiger partial charge in [0.1, 0.15) is 5.70 Å². The van der Waals surface area contributed by atoms with E-state index in [0.717, 1.165) is 16.8 Å². The first-order chi connectivity index (χ1) is 16.2. The number of thiazole rings is 1. The molecule has 174 valence electrons. The smallest absolute Gasteiger partial charge is 0.281 e. The van der Waals surface area contributed by atoms with Crippen LogP contribution in [0, 0.1) is 13.8 Å². The van der Waals surface area contributed by atoms with E-state index in [0.29, 0.717) is 33.2 Å². The highest BCUT2D eigenvalue weighted by Gasteiger charge is 2.32. The topological polar surface area (TPSA) is 65.5 Å². The van der Waals surface area contributed by atoms with Crippen molar-refractivity contribution in [2.75, 3.05) is 9.80 Å². The lowest BCUT2D eigenvalue weighted by molar-refractivity contribution is -0.116. The number of nitrogens with one attached hydrogen (secondary N) is 1. The fraction of sp³-hybridized carbons (Fsp3) is 0.231. The van der Waals surface area contributed by atoms with Crippen molar-refractivity contribution in [2.45, 2.75) is 40.5 Å². The van der Waals surface area contributed by atoms with Crippen LogP contribution in [0.5, 0.6) is 0 Å². The van der Waals surface area contributed by atoms with Crippen molar-refractivity contribution >= 4 is 63.1 Å². The van der Waals surface area contributed by atoms with Crippen molar-refractivity contribution in [1.29, 1.82) is 0 Å². The van der Waals surface area contributed by atoms with E-state index in [1.807, 2.05) is 61.7 Å². The van der Waals surface area contributed by atoms with Crippen LogP contribution in [0.15, 0.2) is 53.5 Å². The largest absolute Gasteiger partial charge is 0.327 e. The summed E-state index contributed by atoms with van der Waals surface area (Å²) in [6.45, 7) is 9.80. The minimum atomic E-state index is -0.241. The number of carbonyl (C=O) groups is 2. The number of amides is 2. The van der Waals surface area contributed by atoms with Crippen LogP contribution in [-0.4, -0.2) is 21.9 Å². The fourth-order valence-electron chi connectivity index (χ4n) is 3.66. The van der Waals surface area contributed by atoms with Crippen molar-refractivity contribution in [3.63, 3.8) is 0 Å². The number of carbonyl (C=O) groups excluding carboxylic acids is 2. The minimum Gasteiger partial charge on any atom is -0.327 e. The molecule has 2 aromatic carbocycles. The highest BCUT2D eigenvalue weighted by atomic mass is 32.1.